The molecule has 7 heteroatoms. The molecule has 1 aromatic heterocycles. The third-order valence-electron chi connectivity index (χ3n) is 5.15. The Morgan fingerprint density at radius 1 is 1.00 bits per heavy atom. The molecule has 0 aliphatic rings. The second-order valence-corrected chi connectivity index (χ2v) is 7.72. The standard InChI is InChI=1S/C24H20ClFN4O/c1-14-5-4-6-21(16(14)3)30-23(17-8-10-18(26)11-9-17)28-22(29-30)24(31)27-19-12-7-15(2)20(25)13-19/h4-13H,1-3H3,(H,27,31). The maximum atomic E-state index is 13.5. The zero-order chi connectivity index (χ0) is 22.1. The minimum absolute atomic E-state index is 0.00284. The molecule has 3 aromatic carbocycles. The van der Waals surface area contributed by atoms with Crippen molar-refractivity contribution in [3.05, 3.63) is 94.0 Å². The van der Waals surface area contributed by atoms with Gasteiger partial charge in [-0.05, 0) is 79.9 Å². The van der Waals surface area contributed by atoms with Crippen LogP contribution in [0.4, 0.5) is 10.1 Å². The number of hydrogen-bond acceptors (Lipinski definition) is 3. The molecule has 0 aliphatic heterocycles. The first-order valence-corrected chi connectivity index (χ1v) is 10.1. The predicted octanol–water partition coefficient (Wildman–Crippen LogP) is 5.90. The van der Waals surface area contributed by atoms with E-state index in [0.29, 0.717) is 22.1 Å². The summed E-state index contributed by atoms with van der Waals surface area (Å²) in [5.74, 6) is -0.374. The number of aryl methyl sites for hydroxylation is 2. The van der Waals surface area contributed by atoms with Gasteiger partial charge in [0.15, 0.2) is 5.82 Å². The van der Waals surface area contributed by atoms with Crippen molar-refractivity contribution in [2.75, 3.05) is 5.32 Å². The number of benzene rings is 3. The van der Waals surface area contributed by atoms with Crippen LogP contribution in [0.25, 0.3) is 17.1 Å². The Bertz CT molecular complexity index is 1280. The molecule has 4 rings (SSSR count). The third-order valence-corrected chi connectivity index (χ3v) is 5.55. The summed E-state index contributed by atoms with van der Waals surface area (Å²) in [5, 5.41) is 7.82. The zero-order valence-corrected chi connectivity index (χ0v) is 18.0. The van der Waals surface area contributed by atoms with Crippen LogP contribution in [-0.4, -0.2) is 20.7 Å². The smallest absolute Gasteiger partial charge is 0.295 e. The quantitative estimate of drug-likeness (QED) is 0.434. The molecule has 0 bridgehead atoms. The molecule has 0 fully saturated rings. The van der Waals surface area contributed by atoms with Gasteiger partial charge in [0.1, 0.15) is 5.82 Å². The number of rotatable bonds is 4. The summed E-state index contributed by atoms with van der Waals surface area (Å²) in [5.41, 5.74) is 4.99. The van der Waals surface area contributed by atoms with Crippen molar-refractivity contribution >= 4 is 23.2 Å². The summed E-state index contributed by atoms with van der Waals surface area (Å²) in [6.07, 6.45) is 0. The van der Waals surface area contributed by atoms with E-state index >= 15 is 0 Å². The summed E-state index contributed by atoms with van der Waals surface area (Å²) >= 11 is 6.16. The van der Waals surface area contributed by atoms with E-state index in [0.717, 1.165) is 22.4 Å². The molecule has 1 heterocycles. The minimum Gasteiger partial charge on any atom is -0.319 e. The fourth-order valence-electron chi connectivity index (χ4n) is 3.18. The van der Waals surface area contributed by atoms with E-state index < -0.39 is 5.91 Å². The molecule has 1 amide bonds. The van der Waals surface area contributed by atoms with Crippen LogP contribution in [0.1, 0.15) is 27.3 Å². The van der Waals surface area contributed by atoms with Crippen molar-refractivity contribution in [3.8, 4) is 17.1 Å². The first kappa shape index (κ1) is 20.8. The van der Waals surface area contributed by atoms with Gasteiger partial charge in [0.25, 0.3) is 5.91 Å². The number of aromatic nitrogens is 3. The molecule has 0 aliphatic carbocycles. The van der Waals surface area contributed by atoms with Gasteiger partial charge in [0, 0.05) is 16.3 Å². The molecule has 0 unspecified atom stereocenters. The lowest BCUT2D eigenvalue weighted by atomic mass is 10.1. The van der Waals surface area contributed by atoms with Crippen LogP contribution in [-0.2, 0) is 0 Å². The summed E-state index contributed by atoms with van der Waals surface area (Å²) in [7, 11) is 0. The van der Waals surface area contributed by atoms with Crippen LogP contribution in [0.5, 0.6) is 0 Å². The summed E-state index contributed by atoms with van der Waals surface area (Å²) in [6, 6.07) is 17.0. The molecule has 5 nitrogen and oxygen atoms in total. The molecule has 0 radical (unpaired) electrons. The molecular weight excluding hydrogens is 415 g/mol. The normalized spacial score (nSPS) is 10.9. The maximum Gasteiger partial charge on any atom is 0.295 e. The van der Waals surface area contributed by atoms with E-state index in [1.807, 2.05) is 45.0 Å². The minimum atomic E-state index is -0.465. The largest absolute Gasteiger partial charge is 0.319 e. The Morgan fingerprint density at radius 2 is 1.74 bits per heavy atom. The topological polar surface area (TPSA) is 59.8 Å². The fourth-order valence-corrected chi connectivity index (χ4v) is 3.37. The van der Waals surface area contributed by atoms with Crippen LogP contribution < -0.4 is 5.32 Å². The average Bonchev–Trinajstić information content (AvgIpc) is 3.18. The number of nitrogens with one attached hydrogen (secondary N) is 1. The van der Waals surface area contributed by atoms with Crippen LogP contribution >= 0.6 is 11.6 Å². The van der Waals surface area contributed by atoms with Gasteiger partial charge in [-0.1, -0.05) is 29.8 Å². The molecular formula is C24H20ClFN4O. The van der Waals surface area contributed by atoms with Crippen molar-refractivity contribution < 1.29 is 9.18 Å². The highest BCUT2D eigenvalue weighted by molar-refractivity contribution is 6.31. The number of carbonyl (C=O) groups is 1. The Morgan fingerprint density at radius 3 is 2.45 bits per heavy atom. The molecule has 0 saturated carbocycles. The number of anilines is 1. The SMILES string of the molecule is Cc1ccc(NC(=O)c2nc(-c3ccc(F)cc3)n(-c3cccc(C)c3C)n2)cc1Cl. The van der Waals surface area contributed by atoms with Crippen LogP contribution in [0.3, 0.4) is 0 Å². The third kappa shape index (κ3) is 4.20. The van der Waals surface area contributed by atoms with Gasteiger partial charge < -0.3 is 5.32 Å². The van der Waals surface area contributed by atoms with Crippen molar-refractivity contribution in [2.24, 2.45) is 0 Å². The van der Waals surface area contributed by atoms with E-state index in [1.54, 1.807) is 28.9 Å². The van der Waals surface area contributed by atoms with E-state index in [-0.39, 0.29) is 11.6 Å². The lowest BCUT2D eigenvalue weighted by Crippen LogP contribution is -2.14. The highest BCUT2D eigenvalue weighted by atomic mass is 35.5. The summed E-state index contributed by atoms with van der Waals surface area (Å²) in [4.78, 5) is 17.4. The van der Waals surface area contributed by atoms with Crippen LogP contribution in [0, 0.1) is 26.6 Å². The number of nitrogens with zero attached hydrogens (tertiary/aromatic N) is 3. The highest BCUT2D eigenvalue weighted by Crippen LogP contribution is 2.26. The van der Waals surface area contributed by atoms with Crippen LogP contribution in [0.2, 0.25) is 5.02 Å². The number of carbonyl (C=O) groups excluding carboxylic acids is 1. The monoisotopic (exact) mass is 434 g/mol. The van der Waals surface area contributed by atoms with Gasteiger partial charge >= 0.3 is 0 Å². The lowest BCUT2D eigenvalue weighted by Gasteiger charge is -2.11. The van der Waals surface area contributed by atoms with Crippen molar-refractivity contribution in [1.82, 2.24) is 14.8 Å². The highest BCUT2D eigenvalue weighted by Gasteiger charge is 2.20. The Hall–Kier alpha value is -3.51. The van der Waals surface area contributed by atoms with Gasteiger partial charge in [-0.2, -0.15) is 0 Å². The Kier molecular flexibility index (Phi) is 5.57. The lowest BCUT2D eigenvalue weighted by molar-refractivity contribution is 0.101. The second kappa shape index (κ2) is 8.32. The summed E-state index contributed by atoms with van der Waals surface area (Å²) in [6.45, 7) is 5.87. The van der Waals surface area contributed by atoms with Crippen molar-refractivity contribution in [3.63, 3.8) is 0 Å². The molecule has 1 N–H and O–H groups in total. The molecule has 0 spiro atoms. The first-order chi connectivity index (χ1) is 14.8. The predicted molar refractivity (Wildman–Crippen MR) is 120 cm³/mol. The second-order valence-electron chi connectivity index (χ2n) is 7.31. The van der Waals surface area contributed by atoms with E-state index in [1.165, 1.54) is 12.1 Å². The fraction of sp³-hybridized carbons (Fsp3) is 0.125. The Balaban J connectivity index is 1.79. The zero-order valence-electron chi connectivity index (χ0n) is 17.3. The Labute approximate surface area is 184 Å². The maximum absolute atomic E-state index is 13.5. The van der Waals surface area contributed by atoms with Gasteiger partial charge in [0.05, 0.1) is 5.69 Å². The molecule has 4 aromatic rings. The van der Waals surface area contributed by atoms with Crippen molar-refractivity contribution in [2.45, 2.75) is 20.8 Å². The van der Waals surface area contributed by atoms with E-state index in [4.69, 9.17) is 11.6 Å². The molecule has 0 atom stereocenters. The molecule has 0 saturated heterocycles. The van der Waals surface area contributed by atoms with E-state index in [2.05, 4.69) is 15.4 Å². The molecule has 31 heavy (non-hydrogen) atoms. The van der Waals surface area contributed by atoms with Gasteiger partial charge in [-0.3, -0.25) is 4.79 Å². The van der Waals surface area contributed by atoms with Gasteiger partial charge in [0.2, 0.25) is 5.82 Å². The van der Waals surface area contributed by atoms with Crippen molar-refractivity contribution in [1.29, 1.82) is 0 Å². The number of halogens is 2. The van der Waals surface area contributed by atoms with Gasteiger partial charge in [-0.15, -0.1) is 5.10 Å². The molecule has 156 valence electrons. The number of hydrogen-bond donors (Lipinski definition) is 1. The average molecular weight is 435 g/mol. The van der Waals surface area contributed by atoms with Gasteiger partial charge in [-0.25, -0.2) is 14.1 Å². The first-order valence-electron chi connectivity index (χ1n) is 9.70. The van der Waals surface area contributed by atoms with Crippen LogP contribution in [0.15, 0.2) is 60.7 Å². The summed E-state index contributed by atoms with van der Waals surface area (Å²) < 4.78 is 15.1. The number of amides is 1. The van der Waals surface area contributed by atoms with E-state index in [9.17, 15) is 9.18 Å².